The zero-order chi connectivity index (χ0) is 15.0. The molecule has 0 bridgehead atoms. The summed E-state index contributed by atoms with van der Waals surface area (Å²) >= 11 is 0. The van der Waals surface area contributed by atoms with Crippen LogP contribution in [0, 0.1) is 0 Å². The van der Waals surface area contributed by atoms with Crippen molar-refractivity contribution in [1.82, 2.24) is 20.2 Å². The topological polar surface area (TPSA) is 104 Å². The molecule has 0 radical (unpaired) electrons. The third-order valence-corrected chi connectivity index (χ3v) is 5.35. The number of nitrogens with two attached hydrogens (primary N) is 1. The van der Waals surface area contributed by atoms with Gasteiger partial charge in [0.05, 0.1) is 11.3 Å². The Labute approximate surface area is 117 Å². The molecule has 2 aromatic rings. The molecule has 1 aromatic heterocycles. The van der Waals surface area contributed by atoms with Gasteiger partial charge in [0.2, 0.25) is 0 Å². The van der Waals surface area contributed by atoms with E-state index in [0.29, 0.717) is 11.5 Å². The molecule has 0 saturated carbocycles. The van der Waals surface area contributed by atoms with Crippen LogP contribution in [0.15, 0.2) is 24.3 Å². The highest BCUT2D eigenvalue weighted by Crippen LogP contribution is 2.22. The van der Waals surface area contributed by atoms with Crippen LogP contribution in [-0.2, 0) is 16.4 Å². The fraction of sp³-hybridized carbons (Fsp3) is 0.417. The minimum Gasteiger partial charge on any atom is -0.399 e. The summed E-state index contributed by atoms with van der Waals surface area (Å²) in [6.45, 7) is 3.46. The first-order chi connectivity index (χ1) is 9.21. The molecule has 2 rings (SSSR count). The Morgan fingerprint density at radius 3 is 2.65 bits per heavy atom. The first-order valence-corrected chi connectivity index (χ1v) is 7.91. The van der Waals surface area contributed by atoms with Gasteiger partial charge in [-0.05, 0) is 36.4 Å². The molecule has 1 heterocycles. The van der Waals surface area contributed by atoms with E-state index < -0.39 is 14.6 Å². The van der Waals surface area contributed by atoms with Gasteiger partial charge in [0.15, 0.2) is 15.7 Å². The van der Waals surface area contributed by atoms with Crippen LogP contribution in [-0.4, -0.2) is 39.6 Å². The van der Waals surface area contributed by atoms with Crippen LogP contribution >= 0.6 is 0 Å². The van der Waals surface area contributed by atoms with E-state index in [4.69, 9.17) is 5.73 Å². The number of sulfone groups is 1. The van der Waals surface area contributed by atoms with Gasteiger partial charge in [-0.1, -0.05) is 12.1 Å². The number of hydrogen-bond donors (Lipinski definition) is 1. The third kappa shape index (κ3) is 2.79. The van der Waals surface area contributed by atoms with Crippen LogP contribution in [0.3, 0.4) is 0 Å². The molecule has 0 fully saturated rings. The molecule has 7 nitrogen and oxygen atoms in total. The molecule has 0 saturated heterocycles. The van der Waals surface area contributed by atoms with Crippen LogP contribution in [0.5, 0.6) is 0 Å². The Morgan fingerprint density at radius 2 is 2.05 bits per heavy atom. The molecule has 0 atom stereocenters. The van der Waals surface area contributed by atoms with Crippen molar-refractivity contribution in [2.45, 2.75) is 25.1 Å². The third-order valence-electron chi connectivity index (χ3n) is 3.21. The van der Waals surface area contributed by atoms with Gasteiger partial charge in [0.25, 0.3) is 0 Å². The second kappa shape index (κ2) is 4.86. The number of nitrogen functional groups attached to an aromatic ring is 1. The Morgan fingerprint density at radius 1 is 1.35 bits per heavy atom. The molecule has 8 heteroatoms. The SMILES string of the molecule is CC(C)(Cn1nnnc1-c1cccc(N)c1)S(C)(=O)=O. The van der Waals surface area contributed by atoms with E-state index in [0.717, 1.165) is 5.56 Å². The quantitative estimate of drug-likeness (QED) is 0.834. The molecule has 20 heavy (non-hydrogen) atoms. The van der Waals surface area contributed by atoms with Gasteiger partial charge >= 0.3 is 0 Å². The molecule has 108 valence electrons. The highest BCUT2D eigenvalue weighted by molar-refractivity contribution is 7.92. The van der Waals surface area contributed by atoms with Crippen LogP contribution in [0.25, 0.3) is 11.4 Å². The van der Waals surface area contributed by atoms with Gasteiger partial charge in [-0.25, -0.2) is 13.1 Å². The molecular formula is C12H17N5O2S. The van der Waals surface area contributed by atoms with E-state index in [2.05, 4.69) is 15.5 Å². The van der Waals surface area contributed by atoms with Gasteiger partial charge in [0, 0.05) is 17.5 Å². The maximum absolute atomic E-state index is 11.8. The minimum absolute atomic E-state index is 0.170. The van der Waals surface area contributed by atoms with Crippen molar-refractivity contribution < 1.29 is 8.42 Å². The van der Waals surface area contributed by atoms with Crippen LogP contribution in [0.2, 0.25) is 0 Å². The summed E-state index contributed by atoms with van der Waals surface area (Å²) in [5, 5.41) is 11.4. The smallest absolute Gasteiger partial charge is 0.182 e. The lowest BCUT2D eigenvalue weighted by molar-refractivity contribution is 0.471. The largest absolute Gasteiger partial charge is 0.399 e. The number of hydrogen-bond acceptors (Lipinski definition) is 6. The van der Waals surface area contributed by atoms with E-state index in [1.165, 1.54) is 10.9 Å². The van der Waals surface area contributed by atoms with Gasteiger partial charge in [0.1, 0.15) is 0 Å². The molecule has 2 N–H and O–H groups in total. The summed E-state index contributed by atoms with van der Waals surface area (Å²) in [6, 6.07) is 7.13. The summed E-state index contributed by atoms with van der Waals surface area (Å²) in [5.74, 6) is 0.494. The number of tetrazole rings is 1. The molecule has 0 aliphatic heterocycles. The van der Waals surface area contributed by atoms with Crippen molar-refractivity contribution in [3.63, 3.8) is 0 Å². The summed E-state index contributed by atoms with van der Waals surface area (Å²) in [5.41, 5.74) is 7.08. The van der Waals surface area contributed by atoms with Crippen LogP contribution in [0.1, 0.15) is 13.8 Å². The normalized spacial score (nSPS) is 12.6. The average Bonchev–Trinajstić information content (AvgIpc) is 2.74. The Kier molecular flexibility index (Phi) is 3.51. The zero-order valence-electron chi connectivity index (χ0n) is 11.6. The predicted molar refractivity (Wildman–Crippen MR) is 76.6 cm³/mol. The summed E-state index contributed by atoms with van der Waals surface area (Å²) in [6.07, 6.45) is 1.21. The molecule has 1 aromatic carbocycles. The Bertz CT molecular complexity index is 721. The Balaban J connectivity index is 2.40. The van der Waals surface area contributed by atoms with Crippen LogP contribution in [0.4, 0.5) is 5.69 Å². The van der Waals surface area contributed by atoms with Crippen molar-refractivity contribution in [1.29, 1.82) is 0 Å². The summed E-state index contributed by atoms with van der Waals surface area (Å²) in [4.78, 5) is 0. The monoisotopic (exact) mass is 295 g/mol. The highest BCUT2D eigenvalue weighted by atomic mass is 32.2. The van der Waals surface area contributed by atoms with Gasteiger partial charge < -0.3 is 5.73 Å². The molecule has 0 amide bonds. The van der Waals surface area contributed by atoms with Crippen molar-refractivity contribution >= 4 is 15.5 Å². The van der Waals surface area contributed by atoms with Crippen LogP contribution < -0.4 is 5.73 Å². The number of aromatic nitrogens is 4. The summed E-state index contributed by atoms with van der Waals surface area (Å²) in [7, 11) is -3.23. The number of rotatable bonds is 4. The molecule has 0 aliphatic rings. The van der Waals surface area contributed by atoms with Crippen molar-refractivity contribution in [2.24, 2.45) is 0 Å². The lowest BCUT2D eigenvalue weighted by atomic mass is 10.1. The van der Waals surface area contributed by atoms with Gasteiger partial charge in [-0.15, -0.1) is 5.10 Å². The van der Waals surface area contributed by atoms with Gasteiger partial charge in [-0.3, -0.25) is 0 Å². The standard InChI is InChI=1S/C12H17N5O2S/c1-12(2,20(3,18)19)8-17-11(14-15-16-17)9-5-4-6-10(13)7-9/h4-7H,8,13H2,1-3H3. The maximum Gasteiger partial charge on any atom is 0.182 e. The highest BCUT2D eigenvalue weighted by Gasteiger charge is 2.32. The van der Waals surface area contributed by atoms with E-state index >= 15 is 0 Å². The fourth-order valence-electron chi connectivity index (χ4n) is 1.67. The average molecular weight is 295 g/mol. The first-order valence-electron chi connectivity index (χ1n) is 6.02. The van der Waals surface area contributed by atoms with Crippen molar-refractivity contribution in [2.75, 3.05) is 12.0 Å². The number of anilines is 1. The Hall–Kier alpha value is -1.96. The molecular weight excluding hydrogens is 278 g/mol. The lowest BCUT2D eigenvalue weighted by Crippen LogP contribution is -2.36. The van der Waals surface area contributed by atoms with E-state index in [9.17, 15) is 8.42 Å². The number of nitrogens with zero attached hydrogens (tertiary/aromatic N) is 4. The minimum atomic E-state index is -3.23. The second-order valence-electron chi connectivity index (χ2n) is 5.32. The molecule has 0 aliphatic carbocycles. The van der Waals surface area contributed by atoms with E-state index in [1.807, 2.05) is 6.07 Å². The fourth-order valence-corrected chi connectivity index (χ4v) is 2.03. The number of benzene rings is 1. The maximum atomic E-state index is 11.8. The van der Waals surface area contributed by atoms with Gasteiger partial charge in [-0.2, -0.15) is 0 Å². The predicted octanol–water partition coefficient (Wildman–Crippen LogP) is 0.746. The molecule has 0 spiro atoms. The van der Waals surface area contributed by atoms with E-state index in [1.54, 1.807) is 32.0 Å². The lowest BCUT2D eigenvalue weighted by Gasteiger charge is -2.22. The first kappa shape index (κ1) is 14.4. The molecule has 0 unspecified atom stereocenters. The van der Waals surface area contributed by atoms with E-state index in [-0.39, 0.29) is 6.54 Å². The zero-order valence-corrected chi connectivity index (χ0v) is 12.4. The second-order valence-corrected chi connectivity index (χ2v) is 7.97. The van der Waals surface area contributed by atoms with Crippen molar-refractivity contribution in [3.8, 4) is 11.4 Å². The summed E-state index contributed by atoms with van der Waals surface area (Å²) < 4.78 is 24.1. The van der Waals surface area contributed by atoms with Crippen molar-refractivity contribution in [3.05, 3.63) is 24.3 Å².